The molecular formula is C21H26F3N3O3S. The highest BCUT2D eigenvalue weighted by Gasteiger charge is 2.44. The largest absolute Gasteiger partial charge is 0.417 e. The van der Waals surface area contributed by atoms with E-state index in [1.807, 2.05) is 6.92 Å². The van der Waals surface area contributed by atoms with Crippen molar-refractivity contribution in [3.8, 4) is 6.07 Å². The molecule has 0 spiro atoms. The third-order valence-corrected chi connectivity index (χ3v) is 8.70. The molecule has 31 heavy (non-hydrogen) atoms. The first kappa shape index (κ1) is 23.5. The molecule has 1 aliphatic carbocycles. The molecule has 3 rings (SSSR count). The third kappa shape index (κ3) is 4.88. The summed E-state index contributed by atoms with van der Waals surface area (Å²) in [4.78, 5) is 14.3. The number of piperidine rings is 1. The van der Waals surface area contributed by atoms with Gasteiger partial charge in [-0.2, -0.15) is 18.4 Å². The summed E-state index contributed by atoms with van der Waals surface area (Å²) in [5.41, 5.74) is -2.17. The second-order valence-corrected chi connectivity index (χ2v) is 10.5. The third-order valence-electron chi connectivity index (χ3n) is 6.43. The lowest BCUT2D eigenvalue weighted by Gasteiger charge is -2.37. The molecular weight excluding hydrogens is 431 g/mol. The minimum atomic E-state index is -4.79. The fourth-order valence-corrected chi connectivity index (χ4v) is 6.49. The normalized spacial score (nSPS) is 24.5. The standard InChI is InChI=1S/C21H26F3N3O3S/c1-2-27-11-9-20(14-25,10-12-27)26-19(28)15-7-8-16(13-15)31(29,30)18-6-4-3-5-17(18)21(22,23)24/h3-6,15-16H,2,7-13H2,1H3,(H,26,28)/t15-,16-/m1/s1. The molecule has 1 saturated carbocycles. The van der Waals surface area contributed by atoms with Gasteiger partial charge in [-0.1, -0.05) is 19.1 Å². The van der Waals surface area contributed by atoms with Crippen molar-refractivity contribution in [1.82, 2.24) is 10.2 Å². The van der Waals surface area contributed by atoms with E-state index in [9.17, 15) is 31.6 Å². The number of nitrogens with zero attached hydrogens (tertiary/aromatic N) is 2. The molecule has 0 aromatic heterocycles. The number of amides is 1. The van der Waals surface area contributed by atoms with Crippen molar-refractivity contribution in [2.45, 2.75) is 60.9 Å². The van der Waals surface area contributed by atoms with Crippen molar-refractivity contribution in [2.24, 2.45) is 5.92 Å². The average molecular weight is 458 g/mol. The van der Waals surface area contributed by atoms with E-state index in [1.54, 1.807) is 0 Å². The first-order valence-corrected chi connectivity index (χ1v) is 11.9. The molecule has 1 aromatic carbocycles. The SMILES string of the molecule is CCN1CCC(C#N)(NC(=O)[C@@H]2CC[C@@H](S(=O)(=O)c3ccccc3C(F)(F)F)C2)CC1. The average Bonchev–Trinajstić information content (AvgIpc) is 3.25. The van der Waals surface area contributed by atoms with Gasteiger partial charge in [0.15, 0.2) is 9.84 Å². The first-order chi connectivity index (χ1) is 14.5. The van der Waals surface area contributed by atoms with Crippen LogP contribution >= 0.6 is 0 Å². The monoisotopic (exact) mass is 457 g/mol. The highest BCUT2D eigenvalue weighted by molar-refractivity contribution is 7.92. The van der Waals surface area contributed by atoms with Gasteiger partial charge < -0.3 is 10.2 Å². The molecule has 2 atom stereocenters. The summed E-state index contributed by atoms with van der Waals surface area (Å²) in [6, 6.07) is 6.35. The zero-order chi connectivity index (χ0) is 22.9. The number of carbonyl (C=O) groups is 1. The lowest BCUT2D eigenvalue weighted by molar-refractivity contribution is -0.139. The minimum Gasteiger partial charge on any atom is -0.337 e. The smallest absolute Gasteiger partial charge is 0.337 e. The second kappa shape index (κ2) is 8.79. The lowest BCUT2D eigenvalue weighted by atomic mass is 9.88. The summed E-state index contributed by atoms with van der Waals surface area (Å²) >= 11 is 0. The van der Waals surface area contributed by atoms with Gasteiger partial charge in [-0.15, -0.1) is 0 Å². The predicted octanol–water partition coefficient (Wildman–Crippen LogP) is 3.14. The molecule has 2 aliphatic rings. The van der Waals surface area contributed by atoms with E-state index in [0.29, 0.717) is 25.9 Å². The van der Waals surface area contributed by atoms with E-state index in [2.05, 4.69) is 16.3 Å². The Kier molecular flexibility index (Phi) is 6.67. The van der Waals surface area contributed by atoms with E-state index in [-0.39, 0.29) is 19.3 Å². The summed E-state index contributed by atoms with van der Waals surface area (Å²) in [6.07, 6.45) is -3.51. The number of sulfone groups is 1. The van der Waals surface area contributed by atoms with Gasteiger partial charge in [0.2, 0.25) is 5.91 Å². The maximum atomic E-state index is 13.3. The van der Waals surface area contributed by atoms with Crippen LogP contribution in [0.4, 0.5) is 13.2 Å². The van der Waals surface area contributed by atoms with Crippen LogP contribution in [0.3, 0.4) is 0 Å². The summed E-state index contributed by atoms with van der Waals surface area (Å²) in [5, 5.41) is 11.4. The van der Waals surface area contributed by atoms with E-state index in [0.717, 1.165) is 24.7 Å². The number of hydrogen-bond acceptors (Lipinski definition) is 5. The van der Waals surface area contributed by atoms with E-state index < -0.39 is 49.1 Å². The van der Waals surface area contributed by atoms with Gasteiger partial charge >= 0.3 is 6.18 Å². The predicted molar refractivity (Wildman–Crippen MR) is 108 cm³/mol. The van der Waals surface area contributed by atoms with Crippen molar-refractivity contribution >= 4 is 15.7 Å². The molecule has 0 unspecified atom stereocenters. The quantitative estimate of drug-likeness (QED) is 0.734. The minimum absolute atomic E-state index is 0.0526. The molecule has 1 amide bonds. The Labute approximate surface area is 180 Å². The van der Waals surface area contributed by atoms with Crippen LogP contribution in [-0.2, 0) is 20.8 Å². The molecule has 10 heteroatoms. The number of nitriles is 1. The van der Waals surface area contributed by atoms with Crippen molar-refractivity contribution in [1.29, 1.82) is 5.26 Å². The maximum absolute atomic E-state index is 13.3. The summed E-state index contributed by atoms with van der Waals surface area (Å²) in [7, 11) is -4.26. The number of likely N-dealkylation sites (tertiary alicyclic amines) is 1. The van der Waals surface area contributed by atoms with Crippen LogP contribution in [0.15, 0.2) is 29.2 Å². The molecule has 1 saturated heterocycles. The van der Waals surface area contributed by atoms with Crippen molar-refractivity contribution in [3.63, 3.8) is 0 Å². The van der Waals surface area contributed by atoms with Crippen LogP contribution in [0, 0.1) is 17.2 Å². The Morgan fingerprint density at radius 3 is 2.48 bits per heavy atom. The van der Waals surface area contributed by atoms with Gasteiger partial charge in [-0.05, 0) is 50.8 Å². The Bertz CT molecular complexity index is 964. The van der Waals surface area contributed by atoms with Crippen LogP contribution in [0.2, 0.25) is 0 Å². The lowest BCUT2D eigenvalue weighted by Crippen LogP contribution is -2.55. The first-order valence-electron chi connectivity index (χ1n) is 10.4. The Morgan fingerprint density at radius 2 is 1.90 bits per heavy atom. The molecule has 0 radical (unpaired) electrons. The number of carbonyl (C=O) groups excluding carboxylic acids is 1. The second-order valence-electron chi connectivity index (χ2n) is 8.29. The van der Waals surface area contributed by atoms with Gasteiger partial charge in [0.1, 0.15) is 5.54 Å². The van der Waals surface area contributed by atoms with Gasteiger partial charge in [-0.25, -0.2) is 8.42 Å². The number of benzene rings is 1. The molecule has 2 fully saturated rings. The molecule has 1 heterocycles. The number of halogens is 3. The van der Waals surface area contributed by atoms with Crippen LogP contribution < -0.4 is 5.32 Å². The molecule has 1 aromatic rings. The molecule has 0 bridgehead atoms. The summed E-state index contributed by atoms with van der Waals surface area (Å²) in [6.45, 7) is 4.24. The van der Waals surface area contributed by atoms with Crippen molar-refractivity contribution < 1.29 is 26.4 Å². The maximum Gasteiger partial charge on any atom is 0.417 e. The van der Waals surface area contributed by atoms with Gasteiger partial charge in [0.25, 0.3) is 0 Å². The fraction of sp³-hybridized carbons (Fsp3) is 0.619. The van der Waals surface area contributed by atoms with Crippen molar-refractivity contribution in [3.05, 3.63) is 29.8 Å². The highest BCUT2D eigenvalue weighted by Crippen LogP contribution is 2.40. The van der Waals surface area contributed by atoms with Crippen molar-refractivity contribution in [2.75, 3.05) is 19.6 Å². The Hall–Kier alpha value is -2.12. The van der Waals surface area contributed by atoms with E-state index in [1.165, 1.54) is 6.07 Å². The Balaban J connectivity index is 1.72. The number of alkyl halides is 3. The van der Waals surface area contributed by atoms with Crippen LogP contribution in [0.1, 0.15) is 44.6 Å². The number of hydrogen-bond donors (Lipinski definition) is 1. The molecule has 1 aliphatic heterocycles. The van der Waals surface area contributed by atoms with Gasteiger partial charge in [0, 0.05) is 19.0 Å². The molecule has 6 nitrogen and oxygen atoms in total. The molecule has 170 valence electrons. The number of rotatable bonds is 5. The van der Waals surface area contributed by atoms with Crippen LogP contribution in [-0.4, -0.2) is 49.6 Å². The topological polar surface area (TPSA) is 90.3 Å². The van der Waals surface area contributed by atoms with Crippen LogP contribution in [0.5, 0.6) is 0 Å². The van der Waals surface area contributed by atoms with Crippen LogP contribution in [0.25, 0.3) is 0 Å². The number of nitrogens with one attached hydrogen (secondary N) is 1. The zero-order valence-corrected chi connectivity index (χ0v) is 18.1. The fourth-order valence-electron chi connectivity index (χ4n) is 4.44. The Morgan fingerprint density at radius 1 is 1.26 bits per heavy atom. The highest BCUT2D eigenvalue weighted by atomic mass is 32.2. The summed E-state index contributed by atoms with van der Waals surface area (Å²) < 4.78 is 65.8. The van der Waals surface area contributed by atoms with E-state index >= 15 is 0 Å². The zero-order valence-electron chi connectivity index (χ0n) is 17.3. The van der Waals surface area contributed by atoms with Gasteiger partial charge in [0.05, 0.1) is 21.8 Å². The summed E-state index contributed by atoms with van der Waals surface area (Å²) in [5.74, 6) is -1.04. The van der Waals surface area contributed by atoms with Gasteiger partial charge in [-0.3, -0.25) is 4.79 Å². The van der Waals surface area contributed by atoms with E-state index in [4.69, 9.17) is 0 Å². The molecule has 1 N–H and O–H groups in total.